The number of hydrogen-bond acceptors (Lipinski definition) is 16. The Hall–Kier alpha value is -7.63. The summed E-state index contributed by atoms with van der Waals surface area (Å²) in [4.78, 5) is 98.3. The van der Waals surface area contributed by atoms with Crippen LogP contribution in [-0.2, 0) is 67.9 Å². The Morgan fingerprint density at radius 2 is 1.19 bits per heavy atom. The number of carbonyl (C=O) groups is 7. The molecule has 0 aliphatic heterocycles. The molecule has 3 amide bonds. The fraction of sp³-hybridized carbons (Fsp3) is 0.448. The second-order valence-electron chi connectivity index (χ2n) is 23.9. The lowest BCUT2D eigenvalue weighted by Gasteiger charge is -2.35. The minimum absolute atomic E-state index is 0.0169. The summed E-state index contributed by atoms with van der Waals surface area (Å²) in [5, 5.41) is 5.18. The third-order valence-electron chi connectivity index (χ3n) is 10.4. The highest BCUT2D eigenvalue weighted by Crippen LogP contribution is 2.28. The highest BCUT2D eigenvalue weighted by Gasteiger charge is 2.45. The number of amides is 3. The zero-order valence-corrected chi connectivity index (χ0v) is 50.7. The van der Waals surface area contributed by atoms with Gasteiger partial charge in [0, 0.05) is 20.3 Å². The van der Waals surface area contributed by atoms with E-state index < -0.39 is 108 Å². The van der Waals surface area contributed by atoms with Gasteiger partial charge in [-0.25, -0.2) is 24.0 Å². The lowest BCUT2D eigenvalue weighted by molar-refractivity contribution is -0.167. The van der Waals surface area contributed by atoms with Crippen molar-refractivity contribution in [2.75, 3.05) is 11.9 Å². The molecule has 0 aliphatic rings. The SMILES string of the molecule is CC(C)(C)OC(=O)CC(C(=O)OC(C)(C)C)N(Cc1cccc(C(=O)OCC[Si](C)(C)C)c1)S(=O)(=O)N(Cc1ccc(OC(=O)c2ccc(NC(=NC(=O)OC(C)(C)C)NC(=O)OC(C)(C)C)cc2)cc1)C(=O)OCc1ccccc1. The molecule has 0 saturated carbocycles. The molecule has 0 aliphatic carbocycles. The Kier molecular flexibility index (Phi) is 22.5. The predicted molar refractivity (Wildman–Crippen MR) is 306 cm³/mol. The van der Waals surface area contributed by atoms with E-state index in [1.807, 2.05) is 0 Å². The van der Waals surface area contributed by atoms with Crippen molar-refractivity contribution in [3.8, 4) is 5.75 Å². The van der Waals surface area contributed by atoms with Crippen molar-refractivity contribution in [1.82, 2.24) is 13.9 Å². The van der Waals surface area contributed by atoms with Gasteiger partial charge in [0.1, 0.15) is 40.8 Å². The molecule has 440 valence electrons. The molecule has 4 aromatic rings. The van der Waals surface area contributed by atoms with E-state index in [0.29, 0.717) is 25.9 Å². The van der Waals surface area contributed by atoms with Crippen LogP contribution in [0.2, 0.25) is 25.7 Å². The maximum atomic E-state index is 15.5. The molecule has 4 aromatic carbocycles. The maximum absolute atomic E-state index is 15.5. The van der Waals surface area contributed by atoms with Gasteiger partial charge in [-0.1, -0.05) is 74.2 Å². The van der Waals surface area contributed by atoms with Gasteiger partial charge in [0.25, 0.3) is 0 Å². The van der Waals surface area contributed by atoms with Gasteiger partial charge < -0.3 is 38.5 Å². The Morgan fingerprint density at radius 3 is 1.75 bits per heavy atom. The highest BCUT2D eigenvalue weighted by molar-refractivity contribution is 7.87. The van der Waals surface area contributed by atoms with Gasteiger partial charge in [-0.15, -0.1) is 4.99 Å². The van der Waals surface area contributed by atoms with Gasteiger partial charge in [-0.2, -0.15) is 17.0 Å². The second kappa shape index (κ2) is 27.7. The van der Waals surface area contributed by atoms with E-state index in [1.165, 1.54) is 72.8 Å². The topological polar surface area (TPSA) is 261 Å². The number of guanidine groups is 1. The summed E-state index contributed by atoms with van der Waals surface area (Å²) < 4.78 is 70.9. The summed E-state index contributed by atoms with van der Waals surface area (Å²) in [7, 11) is -6.88. The fourth-order valence-corrected chi connectivity index (χ4v) is 9.23. The first-order chi connectivity index (χ1) is 37.3. The van der Waals surface area contributed by atoms with E-state index in [-0.39, 0.29) is 47.2 Å². The Labute approximate surface area is 476 Å². The van der Waals surface area contributed by atoms with Crippen molar-refractivity contribution in [2.45, 2.75) is 163 Å². The van der Waals surface area contributed by atoms with Crippen LogP contribution in [0, 0.1) is 0 Å². The molecule has 0 bridgehead atoms. The van der Waals surface area contributed by atoms with Gasteiger partial charge in [0.05, 0.1) is 30.7 Å². The minimum atomic E-state index is -5.30. The van der Waals surface area contributed by atoms with Crippen molar-refractivity contribution < 1.29 is 75.1 Å². The normalized spacial score (nSPS) is 12.8. The van der Waals surface area contributed by atoms with Gasteiger partial charge in [-0.3, -0.25) is 14.9 Å². The van der Waals surface area contributed by atoms with E-state index in [9.17, 15) is 33.6 Å². The molecule has 81 heavy (non-hydrogen) atoms. The number of benzene rings is 4. The van der Waals surface area contributed by atoms with E-state index in [4.69, 9.17) is 33.2 Å². The smallest absolute Gasteiger partial charge is 0.437 e. The first kappa shape index (κ1) is 65.9. The molecule has 1 atom stereocenters. The van der Waals surface area contributed by atoms with Crippen LogP contribution in [-0.4, -0.2) is 108 Å². The molecule has 0 aromatic heterocycles. The van der Waals surface area contributed by atoms with E-state index >= 15 is 8.42 Å². The minimum Gasteiger partial charge on any atom is -0.462 e. The zero-order chi connectivity index (χ0) is 60.7. The number of nitrogens with one attached hydrogen (secondary N) is 2. The average Bonchev–Trinajstić information content (AvgIpc) is 3.33. The molecule has 0 fully saturated rings. The van der Waals surface area contributed by atoms with Crippen LogP contribution < -0.4 is 15.4 Å². The van der Waals surface area contributed by atoms with Gasteiger partial charge >= 0.3 is 52.4 Å². The van der Waals surface area contributed by atoms with Crippen molar-refractivity contribution >= 4 is 72.1 Å². The zero-order valence-electron chi connectivity index (χ0n) is 48.9. The van der Waals surface area contributed by atoms with Crippen molar-refractivity contribution in [1.29, 1.82) is 0 Å². The molecule has 0 saturated heterocycles. The number of alkyl carbamates (subject to hydrolysis) is 1. The Morgan fingerprint density at radius 1 is 0.605 bits per heavy atom. The van der Waals surface area contributed by atoms with Crippen LogP contribution >= 0.6 is 0 Å². The number of hydrogen-bond donors (Lipinski definition) is 2. The number of nitrogens with zero attached hydrogens (tertiary/aromatic N) is 3. The summed E-state index contributed by atoms with van der Waals surface area (Å²) >= 11 is 0. The van der Waals surface area contributed by atoms with Gasteiger partial charge in [0.2, 0.25) is 5.96 Å². The van der Waals surface area contributed by atoms with Gasteiger partial charge in [-0.05, 0) is 154 Å². The largest absolute Gasteiger partial charge is 0.462 e. The summed E-state index contributed by atoms with van der Waals surface area (Å²) in [6, 6.07) is 24.4. The molecule has 21 nitrogen and oxygen atoms in total. The number of rotatable bonds is 19. The average molecular weight is 1160 g/mol. The van der Waals surface area contributed by atoms with E-state index in [1.54, 1.807) is 113 Å². The predicted octanol–water partition coefficient (Wildman–Crippen LogP) is 11.0. The first-order valence-corrected chi connectivity index (χ1v) is 31.2. The molecule has 0 radical (unpaired) electrons. The molecule has 2 N–H and O–H groups in total. The molecular weight excluding hydrogens is 1080 g/mol. The molecule has 23 heteroatoms. The summed E-state index contributed by atoms with van der Waals surface area (Å²) in [5.74, 6) is -3.88. The highest BCUT2D eigenvalue weighted by atomic mass is 32.2. The quantitative estimate of drug-likeness (QED) is 0.0221. The van der Waals surface area contributed by atoms with Crippen LogP contribution in [0.5, 0.6) is 5.75 Å². The maximum Gasteiger partial charge on any atom is 0.437 e. The third-order valence-corrected chi connectivity index (χ3v) is 14.0. The second-order valence-corrected chi connectivity index (χ2v) is 31.3. The first-order valence-electron chi connectivity index (χ1n) is 26.1. The molecule has 4 rings (SSSR count). The van der Waals surface area contributed by atoms with Crippen LogP contribution in [0.25, 0.3) is 0 Å². The molecular formula is C58H77N5O16SSi. The number of carbonyl (C=O) groups excluding carboxylic acids is 7. The summed E-state index contributed by atoms with van der Waals surface area (Å²) in [6.07, 6.45) is -4.12. The van der Waals surface area contributed by atoms with Crippen molar-refractivity contribution in [2.24, 2.45) is 4.99 Å². The fourth-order valence-electron chi connectivity index (χ4n) is 6.92. The van der Waals surface area contributed by atoms with Crippen LogP contribution in [0.15, 0.2) is 108 Å². The Bertz CT molecular complexity index is 2990. The lowest BCUT2D eigenvalue weighted by Crippen LogP contribution is -2.54. The number of aliphatic imine (C=N–C) groups is 1. The number of anilines is 1. The molecule has 0 heterocycles. The van der Waals surface area contributed by atoms with Crippen LogP contribution in [0.1, 0.15) is 127 Å². The number of esters is 4. The molecule has 1 unspecified atom stereocenters. The monoisotopic (exact) mass is 1160 g/mol. The van der Waals surface area contributed by atoms with E-state index in [2.05, 4.69) is 35.3 Å². The third kappa shape index (κ3) is 23.9. The lowest BCUT2D eigenvalue weighted by atomic mass is 10.1. The van der Waals surface area contributed by atoms with E-state index in [0.717, 1.165) is 0 Å². The van der Waals surface area contributed by atoms with Crippen molar-refractivity contribution in [3.63, 3.8) is 0 Å². The summed E-state index contributed by atoms with van der Waals surface area (Å²) in [5.41, 5.74) is -2.68. The standard InChI is InChI=1S/C58H77N5O16SSi/c1-55(2,3)76-47(64)35-46(50(67)77-56(4,5)6)62(37-41-22-19-23-43(34-41)48(65)73-32-33-81(13,14)15)80(71,72)63(54(70)74-38-40-20-17-16-18-21-40)36-39-24-30-45(31-25-39)75-49(66)42-26-28-44(29-27-42)59-51(60-52(68)78-57(7,8)9)61-53(69)79-58(10,11)12/h16-31,34,46H,32-33,35-38H2,1-15H3,(H2,59,60,61,68,69). The van der Waals surface area contributed by atoms with Gasteiger partial charge in [0.15, 0.2) is 0 Å². The summed E-state index contributed by atoms with van der Waals surface area (Å²) in [6.45, 7) is 24.2. The van der Waals surface area contributed by atoms with Crippen LogP contribution in [0.3, 0.4) is 0 Å². The van der Waals surface area contributed by atoms with Crippen molar-refractivity contribution in [3.05, 3.63) is 131 Å². The Balaban J connectivity index is 1.73. The molecule has 0 spiro atoms. The number of ether oxygens (including phenoxy) is 7. The van der Waals surface area contributed by atoms with Crippen LogP contribution in [0.4, 0.5) is 20.1 Å².